The van der Waals surface area contributed by atoms with Crippen molar-refractivity contribution in [3.8, 4) is 0 Å². The van der Waals surface area contributed by atoms with E-state index in [1.807, 2.05) is 4.98 Å². The van der Waals surface area contributed by atoms with E-state index in [1.165, 1.54) is 12.1 Å². The molecule has 0 aliphatic carbocycles. The highest BCUT2D eigenvalue weighted by atomic mass is 32.2. The van der Waals surface area contributed by atoms with Gasteiger partial charge in [0.15, 0.2) is 0 Å². The Labute approximate surface area is 112 Å². The van der Waals surface area contributed by atoms with Gasteiger partial charge in [-0.2, -0.15) is 0 Å². The van der Waals surface area contributed by atoms with Crippen LogP contribution in [0.1, 0.15) is 5.56 Å². The van der Waals surface area contributed by atoms with Crippen LogP contribution in [-0.4, -0.2) is 23.6 Å². The van der Waals surface area contributed by atoms with E-state index in [4.69, 9.17) is 5.14 Å². The number of rotatable bonds is 4. The number of aromatic amines is 2. The van der Waals surface area contributed by atoms with Crippen LogP contribution in [-0.2, 0) is 16.6 Å². The predicted octanol–water partition coefficient (Wildman–Crippen LogP) is -1.28. The second-order valence-electron chi connectivity index (χ2n) is 3.90. The van der Waals surface area contributed by atoms with Gasteiger partial charge in [-0.3, -0.25) is 9.78 Å². The Bertz CT molecular complexity index is 822. The third-order valence-electron chi connectivity index (χ3n) is 2.42. The molecule has 0 aliphatic heterocycles. The lowest BCUT2D eigenvalue weighted by Gasteiger charge is -2.05. The van der Waals surface area contributed by atoms with E-state index >= 15 is 0 Å². The molecule has 106 valence electrons. The van der Waals surface area contributed by atoms with Gasteiger partial charge in [-0.15, -0.1) is 5.10 Å². The van der Waals surface area contributed by atoms with Crippen LogP contribution in [0.5, 0.6) is 0 Å². The van der Waals surface area contributed by atoms with Gasteiger partial charge in [-0.05, 0) is 17.7 Å². The lowest BCUT2D eigenvalue weighted by Crippen LogP contribution is -2.26. The number of benzene rings is 1. The molecule has 0 amide bonds. The monoisotopic (exact) mass is 297 g/mol. The highest BCUT2D eigenvalue weighted by molar-refractivity contribution is 7.89. The number of nitrogens with one attached hydrogen (secondary N) is 3. The molecule has 2 aromatic rings. The Morgan fingerprint density at radius 1 is 1.20 bits per heavy atom. The Morgan fingerprint density at radius 3 is 2.40 bits per heavy atom. The fourth-order valence-electron chi connectivity index (χ4n) is 1.45. The van der Waals surface area contributed by atoms with E-state index in [0.29, 0.717) is 5.56 Å². The molecule has 0 atom stereocenters. The van der Waals surface area contributed by atoms with Crippen molar-refractivity contribution in [3.63, 3.8) is 0 Å². The first kappa shape index (κ1) is 14.0. The molecule has 10 heteroatoms. The number of nitrogens with two attached hydrogens (primary N) is 1. The summed E-state index contributed by atoms with van der Waals surface area (Å²) in [6.07, 6.45) is 0. The second kappa shape index (κ2) is 5.27. The minimum Gasteiger partial charge on any atom is -0.360 e. The Kier molecular flexibility index (Phi) is 3.68. The van der Waals surface area contributed by atoms with Crippen LogP contribution < -0.4 is 21.7 Å². The summed E-state index contributed by atoms with van der Waals surface area (Å²) in [6.45, 7) is 0.229. The summed E-state index contributed by atoms with van der Waals surface area (Å²) in [5, 5.41) is 13.3. The van der Waals surface area contributed by atoms with E-state index in [-0.39, 0.29) is 17.3 Å². The van der Waals surface area contributed by atoms with E-state index in [0.717, 1.165) is 0 Å². The summed E-state index contributed by atoms with van der Waals surface area (Å²) in [6, 6.07) is 5.81. The number of anilines is 1. The van der Waals surface area contributed by atoms with Crippen LogP contribution in [0.4, 0.5) is 5.82 Å². The third kappa shape index (κ3) is 3.30. The van der Waals surface area contributed by atoms with Gasteiger partial charge in [-0.1, -0.05) is 12.1 Å². The van der Waals surface area contributed by atoms with Crippen molar-refractivity contribution < 1.29 is 8.42 Å². The van der Waals surface area contributed by atoms with Crippen LogP contribution in [0, 0.1) is 0 Å². The van der Waals surface area contributed by atoms with Crippen molar-refractivity contribution in [1.82, 2.24) is 15.2 Å². The van der Waals surface area contributed by atoms with E-state index in [9.17, 15) is 18.0 Å². The van der Waals surface area contributed by atoms with E-state index in [2.05, 4.69) is 15.5 Å². The van der Waals surface area contributed by atoms with Gasteiger partial charge in [0.05, 0.1) is 4.90 Å². The maximum atomic E-state index is 11.4. The highest BCUT2D eigenvalue weighted by Gasteiger charge is 2.07. The minimum absolute atomic E-state index is 0.00117. The smallest absolute Gasteiger partial charge is 0.342 e. The maximum absolute atomic E-state index is 11.4. The zero-order valence-corrected chi connectivity index (χ0v) is 10.9. The SMILES string of the molecule is NS(=O)(=O)c1ccc(CNc2n[nH]c(=O)[nH]c2=O)cc1. The number of primary sulfonamides is 1. The van der Waals surface area contributed by atoms with Crippen molar-refractivity contribution in [3.05, 3.63) is 50.7 Å². The normalized spacial score (nSPS) is 11.2. The largest absolute Gasteiger partial charge is 0.360 e. The molecule has 0 saturated heterocycles. The number of sulfonamides is 1. The summed E-state index contributed by atoms with van der Waals surface area (Å²) >= 11 is 0. The molecule has 0 saturated carbocycles. The average Bonchev–Trinajstić information content (AvgIpc) is 2.37. The first-order valence-corrected chi connectivity index (χ1v) is 6.95. The van der Waals surface area contributed by atoms with Crippen LogP contribution in [0.25, 0.3) is 0 Å². The highest BCUT2D eigenvalue weighted by Crippen LogP contribution is 2.09. The summed E-state index contributed by atoms with van der Waals surface area (Å²) in [5.74, 6) is -0.0416. The minimum atomic E-state index is -3.73. The van der Waals surface area contributed by atoms with Crippen LogP contribution in [0.2, 0.25) is 0 Å². The van der Waals surface area contributed by atoms with E-state index < -0.39 is 21.3 Å². The Hall–Kier alpha value is -2.46. The van der Waals surface area contributed by atoms with Crippen LogP contribution >= 0.6 is 0 Å². The molecule has 1 aromatic carbocycles. The Balaban J connectivity index is 2.12. The van der Waals surface area contributed by atoms with Gasteiger partial charge in [0, 0.05) is 6.54 Å². The molecule has 0 aliphatic rings. The molecule has 0 radical (unpaired) electrons. The predicted molar refractivity (Wildman–Crippen MR) is 70.6 cm³/mol. The molecule has 1 aromatic heterocycles. The number of hydrogen-bond donors (Lipinski definition) is 4. The molecule has 0 unspecified atom stereocenters. The van der Waals surface area contributed by atoms with Crippen molar-refractivity contribution >= 4 is 15.8 Å². The first-order valence-electron chi connectivity index (χ1n) is 5.41. The zero-order valence-electron chi connectivity index (χ0n) is 10.1. The van der Waals surface area contributed by atoms with Crippen molar-refractivity contribution in [2.24, 2.45) is 5.14 Å². The molecule has 1 heterocycles. The van der Waals surface area contributed by atoms with Gasteiger partial charge >= 0.3 is 5.69 Å². The Morgan fingerprint density at radius 2 is 1.85 bits per heavy atom. The van der Waals surface area contributed by atoms with Gasteiger partial charge < -0.3 is 5.32 Å². The standard InChI is InChI=1S/C10H11N5O4S/c11-20(18,19)7-3-1-6(2-4-7)5-12-8-9(16)13-10(17)15-14-8/h1-4H,5H2,(H,12,14)(H2,11,18,19)(H2,13,15,16,17). The molecule has 5 N–H and O–H groups in total. The summed E-state index contributed by atoms with van der Waals surface area (Å²) in [4.78, 5) is 24.1. The van der Waals surface area contributed by atoms with Crippen molar-refractivity contribution in [2.45, 2.75) is 11.4 Å². The molecule has 0 fully saturated rings. The zero-order chi connectivity index (χ0) is 14.8. The summed E-state index contributed by atoms with van der Waals surface area (Å²) in [5.41, 5.74) is -0.627. The number of hydrogen-bond acceptors (Lipinski definition) is 6. The van der Waals surface area contributed by atoms with Gasteiger partial charge in [0.25, 0.3) is 5.56 Å². The van der Waals surface area contributed by atoms with Crippen LogP contribution in [0.3, 0.4) is 0 Å². The average molecular weight is 297 g/mol. The number of nitrogens with zero attached hydrogens (tertiary/aromatic N) is 1. The quantitative estimate of drug-likeness (QED) is 0.551. The lowest BCUT2D eigenvalue weighted by atomic mass is 10.2. The summed E-state index contributed by atoms with van der Waals surface area (Å²) < 4.78 is 22.1. The van der Waals surface area contributed by atoms with Crippen LogP contribution in [0.15, 0.2) is 38.8 Å². The molecule has 0 spiro atoms. The number of aromatic nitrogens is 3. The van der Waals surface area contributed by atoms with Gasteiger partial charge in [0.2, 0.25) is 15.8 Å². The van der Waals surface area contributed by atoms with Crippen molar-refractivity contribution in [1.29, 1.82) is 0 Å². The topological polar surface area (TPSA) is 151 Å². The molecule has 9 nitrogen and oxygen atoms in total. The van der Waals surface area contributed by atoms with E-state index in [1.54, 1.807) is 12.1 Å². The van der Waals surface area contributed by atoms with Gasteiger partial charge in [0.1, 0.15) is 0 Å². The fraction of sp³-hybridized carbons (Fsp3) is 0.100. The maximum Gasteiger partial charge on any atom is 0.342 e. The third-order valence-corrected chi connectivity index (χ3v) is 3.35. The number of H-pyrrole nitrogens is 2. The van der Waals surface area contributed by atoms with Gasteiger partial charge in [-0.25, -0.2) is 23.4 Å². The molecular formula is C10H11N5O4S. The lowest BCUT2D eigenvalue weighted by molar-refractivity contribution is 0.598. The molecular weight excluding hydrogens is 286 g/mol. The van der Waals surface area contributed by atoms with Crippen molar-refractivity contribution in [2.75, 3.05) is 5.32 Å². The summed E-state index contributed by atoms with van der Waals surface area (Å²) in [7, 11) is -3.73. The fourth-order valence-corrected chi connectivity index (χ4v) is 1.97. The molecule has 20 heavy (non-hydrogen) atoms. The molecule has 2 rings (SSSR count). The molecule has 0 bridgehead atoms. The second-order valence-corrected chi connectivity index (χ2v) is 5.46. The first-order chi connectivity index (χ1) is 9.36.